The summed E-state index contributed by atoms with van der Waals surface area (Å²) in [6.07, 6.45) is 7.08. The van der Waals surface area contributed by atoms with Crippen LogP contribution in [0.15, 0.2) is 150 Å². The van der Waals surface area contributed by atoms with Gasteiger partial charge in [-0.15, -0.1) is 0 Å². The Morgan fingerprint density at radius 1 is 0.412 bits per heavy atom. The molecule has 0 fully saturated rings. The Kier molecular flexibility index (Phi) is 8.13. The zero-order chi connectivity index (χ0) is 34.3. The summed E-state index contributed by atoms with van der Waals surface area (Å²) in [6.45, 7) is 4.51. The first-order valence-electron chi connectivity index (χ1n) is 18.7. The molecule has 0 amide bonds. The fraction of sp³-hybridized carbons (Fsp3) is 0.160. The average molecular weight is 659 g/mol. The van der Waals surface area contributed by atoms with Gasteiger partial charge in [-0.1, -0.05) is 154 Å². The van der Waals surface area contributed by atoms with Gasteiger partial charge in [-0.3, -0.25) is 0 Å². The van der Waals surface area contributed by atoms with E-state index in [1.165, 1.54) is 108 Å². The van der Waals surface area contributed by atoms with Gasteiger partial charge in [0.1, 0.15) is 11.2 Å². The molecular weight excluding hydrogens is 617 g/mol. The van der Waals surface area contributed by atoms with Gasteiger partial charge in [0.25, 0.3) is 0 Å². The molecule has 248 valence electrons. The Morgan fingerprint density at radius 2 is 0.980 bits per heavy atom. The van der Waals surface area contributed by atoms with Gasteiger partial charge in [0, 0.05) is 21.9 Å². The SMILES string of the molecule is CCCCc1ccc(-c2ccc3c(-c4c5ccccc5c(-c5cccc6c5oc5ccc(CCCC)cc56)c5ccccc45)cccc3c2)cc1. The van der Waals surface area contributed by atoms with E-state index in [2.05, 4.69) is 159 Å². The van der Waals surface area contributed by atoms with Crippen LogP contribution in [0, 0.1) is 0 Å². The van der Waals surface area contributed by atoms with Crippen LogP contribution in [0.5, 0.6) is 0 Å². The molecule has 1 heterocycles. The third-order valence-electron chi connectivity index (χ3n) is 10.8. The molecule has 0 aliphatic carbocycles. The van der Waals surface area contributed by atoms with E-state index in [0.29, 0.717) is 0 Å². The van der Waals surface area contributed by atoms with Crippen LogP contribution in [0.1, 0.15) is 50.7 Å². The minimum atomic E-state index is 0.950. The van der Waals surface area contributed by atoms with E-state index < -0.39 is 0 Å². The van der Waals surface area contributed by atoms with E-state index in [0.717, 1.165) is 29.6 Å². The number of furan rings is 1. The highest BCUT2D eigenvalue weighted by atomic mass is 16.3. The molecule has 0 aliphatic rings. The number of hydrogen-bond donors (Lipinski definition) is 0. The summed E-state index contributed by atoms with van der Waals surface area (Å²) in [6, 6.07) is 54.2. The molecule has 1 nitrogen and oxygen atoms in total. The molecule has 0 saturated heterocycles. The largest absolute Gasteiger partial charge is 0.455 e. The van der Waals surface area contributed by atoms with Gasteiger partial charge in [-0.05, 0) is 110 Å². The fourth-order valence-corrected chi connectivity index (χ4v) is 8.21. The number of benzene rings is 8. The molecule has 0 spiro atoms. The second kappa shape index (κ2) is 13.2. The Morgan fingerprint density at radius 3 is 1.67 bits per heavy atom. The molecule has 0 saturated carbocycles. The zero-order valence-electron chi connectivity index (χ0n) is 29.5. The van der Waals surface area contributed by atoms with Crippen molar-refractivity contribution in [3.8, 4) is 33.4 Å². The van der Waals surface area contributed by atoms with E-state index in [1.807, 2.05) is 0 Å². The van der Waals surface area contributed by atoms with Crippen LogP contribution in [-0.2, 0) is 12.8 Å². The molecule has 9 rings (SSSR count). The van der Waals surface area contributed by atoms with E-state index >= 15 is 0 Å². The smallest absolute Gasteiger partial charge is 0.143 e. The van der Waals surface area contributed by atoms with Crippen molar-refractivity contribution < 1.29 is 4.42 Å². The van der Waals surface area contributed by atoms with Crippen LogP contribution in [0.3, 0.4) is 0 Å². The molecular formula is C50H42O. The average Bonchev–Trinajstić information content (AvgIpc) is 3.56. The highest BCUT2D eigenvalue weighted by Gasteiger charge is 2.21. The summed E-state index contributed by atoms with van der Waals surface area (Å²) >= 11 is 0. The summed E-state index contributed by atoms with van der Waals surface area (Å²) in [5.74, 6) is 0. The standard InChI is InChI=1S/C50H42O/c1-3-5-13-33-23-26-35(27-24-33)36-28-29-38-37(32-36)15-11-20-39(38)48-40-16-7-9-18-42(40)49(43-19-10-8-17-41(43)48)45-22-12-21-44-46-31-34(14-6-4-2)25-30-47(46)51-50(44)45/h7-12,15-32H,3-6,13-14H2,1-2H3. The van der Waals surface area contributed by atoms with Crippen LogP contribution in [0.25, 0.3) is 87.6 Å². The normalized spacial score (nSPS) is 11.8. The maximum atomic E-state index is 6.74. The fourth-order valence-electron chi connectivity index (χ4n) is 8.21. The van der Waals surface area contributed by atoms with Gasteiger partial charge in [-0.25, -0.2) is 0 Å². The summed E-state index contributed by atoms with van der Waals surface area (Å²) in [7, 11) is 0. The zero-order valence-corrected chi connectivity index (χ0v) is 29.5. The van der Waals surface area contributed by atoms with Gasteiger partial charge in [-0.2, -0.15) is 0 Å². The summed E-state index contributed by atoms with van der Waals surface area (Å²) in [5.41, 5.74) is 12.1. The van der Waals surface area contributed by atoms with Gasteiger partial charge in [0.2, 0.25) is 0 Å². The van der Waals surface area contributed by atoms with E-state index in [-0.39, 0.29) is 0 Å². The molecule has 0 unspecified atom stereocenters. The minimum absolute atomic E-state index is 0.950. The van der Waals surface area contributed by atoms with E-state index in [1.54, 1.807) is 0 Å². The molecule has 9 aromatic rings. The Balaban J connectivity index is 1.24. The lowest BCUT2D eigenvalue weighted by Crippen LogP contribution is -1.92. The quantitative estimate of drug-likeness (QED) is 0.141. The number of hydrogen-bond acceptors (Lipinski definition) is 1. The predicted octanol–water partition coefficient (Wildman–Crippen LogP) is 14.7. The van der Waals surface area contributed by atoms with Crippen molar-refractivity contribution in [2.45, 2.75) is 52.4 Å². The van der Waals surface area contributed by atoms with E-state index in [4.69, 9.17) is 4.42 Å². The Hall–Kier alpha value is -5.66. The number of para-hydroxylation sites is 1. The molecule has 0 aliphatic heterocycles. The molecule has 0 radical (unpaired) electrons. The molecule has 0 bridgehead atoms. The molecule has 1 heteroatoms. The van der Waals surface area contributed by atoms with Crippen molar-refractivity contribution in [3.05, 3.63) is 157 Å². The minimum Gasteiger partial charge on any atom is -0.455 e. The van der Waals surface area contributed by atoms with Crippen LogP contribution >= 0.6 is 0 Å². The Labute approximate surface area is 300 Å². The monoisotopic (exact) mass is 658 g/mol. The van der Waals surface area contributed by atoms with Gasteiger partial charge < -0.3 is 4.42 Å². The number of aryl methyl sites for hydroxylation is 2. The Bertz CT molecular complexity index is 2650. The molecule has 0 N–H and O–H groups in total. The highest BCUT2D eigenvalue weighted by molar-refractivity contribution is 6.25. The van der Waals surface area contributed by atoms with Crippen molar-refractivity contribution in [3.63, 3.8) is 0 Å². The van der Waals surface area contributed by atoms with Crippen molar-refractivity contribution in [2.75, 3.05) is 0 Å². The first-order chi connectivity index (χ1) is 25.2. The maximum absolute atomic E-state index is 6.74. The number of fused-ring (bicyclic) bond motifs is 6. The van der Waals surface area contributed by atoms with Crippen molar-refractivity contribution in [1.29, 1.82) is 0 Å². The number of unbranched alkanes of at least 4 members (excludes halogenated alkanes) is 2. The van der Waals surface area contributed by atoms with Gasteiger partial charge in [0.05, 0.1) is 0 Å². The van der Waals surface area contributed by atoms with Gasteiger partial charge in [0.15, 0.2) is 0 Å². The van der Waals surface area contributed by atoms with Crippen LogP contribution < -0.4 is 0 Å². The third kappa shape index (κ3) is 5.49. The van der Waals surface area contributed by atoms with Crippen molar-refractivity contribution in [2.24, 2.45) is 0 Å². The maximum Gasteiger partial charge on any atom is 0.143 e. The van der Waals surface area contributed by atoms with E-state index in [9.17, 15) is 0 Å². The highest BCUT2D eigenvalue weighted by Crippen LogP contribution is 2.47. The third-order valence-corrected chi connectivity index (χ3v) is 10.8. The lowest BCUT2D eigenvalue weighted by molar-refractivity contribution is 0.669. The van der Waals surface area contributed by atoms with Crippen LogP contribution in [-0.4, -0.2) is 0 Å². The lowest BCUT2D eigenvalue weighted by atomic mass is 9.84. The summed E-state index contributed by atoms with van der Waals surface area (Å²) < 4.78 is 6.74. The first-order valence-corrected chi connectivity index (χ1v) is 18.7. The van der Waals surface area contributed by atoms with Crippen LogP contribution in [0.4, 0.5) is 0 Å². The molecule has 1 aromatic heterocycles. The molecule has 8 aromatic carbocycles. The number of rotatable bonds is 9. The second-order valence-electron chi connectivity index (χ2n) is 14.1. The van der Waals surface area contributed by atoms with Crippen molar-refractivity contribution >= 4 is 54.3 Å². The van der Waals surface area contributed by atoms with Gasteiger partial charge >= 0.3 is 0 Å². The first kappa shape index (κ1) is 31.3. The predicted molar refractivity (Wildman–Crippen MR) is 220 cm³/mol. The van der Waals surface area contributed by atoms with Crippen LogP contribution in [0.2, 0.25) is 0 Å². The lowest BCUT2D eigenvalue weighted by Gasteiger charge is -2.19. The molecule has 51 heavy (non-hydrogen) atoms. The summed E-state index contributed by atoms with van der Waals surface area (Å²) in [4.78, 5) is 0. The van der Waals surface area contributed by atoms with Crippen molar-refractivity contribution in [1.82, 2.24) is 0 Å². The second-order valence-corrected chi connectivity index (χ2v) is 14.1. The molecule has 0 atom stereocenters. The topological polar surface area (TPSA) is 13.1 Å². The summed E-state index contributed by atoms with van der Waals surface area (Å²) in [5, 5.41) is 9.87.